The molecule has 0 radical (unpaired) electrons. The molecule has 0 saturated heterocycles. The van der Waals surface area contributed by atoms with Crippen molar-refractivity contribution < 1.29 is 9.53 Å². The van der Waals surface area contributed by atoms with Crippen LogP contribution in [0.2, 0.25) is 0 Å². The lowest BCUT2D eigenvalue weighted by atomic mass is 10.3. The summed E-state index contributed by atoms with van der Waals surface area (Å²) in [4.78, 5) is 36.5. The first-order valence-corrected chi connectivity index (χ1v) is 5.75. The van der Waals surface area contributed by atoms with Crippen LogP contribution < -0.4 is 16.6 Å². The third-order valence-electron chi connectivity index (χ3n) is 2.27. The van der Waals surface area contributed by atoms with Gasteiger partial charge in [0.15, 0.2) is 0 Å². The van der Waals surface area contributed by atoms with Crippen molar-refractivity contribution in [3.8, 4) is 0 Å². The van der Waals surface area contributed by atoms with Crippen LogP contribution in [-0.2, 0) is 11.3 Å². The standard InChI is InChI=1S/C12H17N3O4/c1-7(2)13-12(18)19-6-9-5-15(8(3)4)11(17)14-10(9)16/h5,8H,1,6H2,2-4H3,(H,13,18)(H,14,16,17). The number of nitrogens with one attached hydrogen (secondary N) is 2. The molecule has 1 rings (SSSR count). The minimum Gasteiger partial charge on any atom is -0.444 e. The largest absolute Gasteiger partial charge is 0.444 e. The van der Waals surface area contributed by atoms with Gasteiger partial charge in [0, 0.05) is 17.9 Å². The van der Waals surface area contributed by atoms with E-state index in [0.717, 1.165) is 0 Å². The first kappa shape index (κ1) is 14.7. The maximum absolute atomic E-state index is 11.6. The van der Waals surface area contributed by atoms with Gasteiger partial charge in [0.25, 0.3) is 5.56 Å². The molecule has 1 heterocycles. The second kappa shape index (κ2) is 6.03. The summed E-state index contributed by atoms with van der Waals surface area (Å²) >= 11 is 0. The van der Waals surface area contributed by atoms with Crippen LogP contribution in [0.5, 0.6) is 0 Å². The molecule has 1 aromatic heterocycles. The zero-order chi connectivity index (χ0) is 14.6. The molecule has 7 nitrogen and oxygen atoms in total. The normalized spacial score (nSPS) is 10.3. The van der Waals surface area contributed by atoms with E-state index in [1.54, 1.807) is 20.8 Å². The average molecular weight is 267 g/mol. The molecule has 0 aliphatic heterocycles. The molecule has 0 fully saturated rings. The topological polar surface area (TPSA) is 93.2 Å². The van der Waals surface area contributed by atoms with Gasteiger partial charge in [-0.25, -0.2) is 9.59 Å². The minimum absolute atomic E-state index is 0.104. The highest BCUT2D eigenvalue weighted by Gasteiger charge is 2.09. The number of hydrogen-bond donors (Lipinski definition) is 2. The van der Waals surface area contributed by atoms with Crippen molar-refractivity contribution in [3.63, 3.8) is 0 Å². The Kier molecular flexibility index (Phi) is 4.68. The summed E-state index contributed by atoms with van der Waals surface area (Å²) in [5, 5.41) is 2.34. The molecular formula is C12H17N3O4. The van der Waals surface area contributed by atoms with Gasteiger partial charge in [-0.15, -0.1) is 0 Å². The lowest BCUT2D eigenvalue weighted by molar-refractivity contribution is 0.142. The van der Waals surface area contributed by atoms with Gasteiger partial charge in [0.2, 0.25) is 0 Å². The van der Waals surface area contributed by atoms with E-state index >= 15 is 0 Å². The Hall–Kier alpha value is -2.31. The van der Waals surface area contributed by atoms with Crippen molar-refractivity contribution in [3.05, 3.63) is 44.9 Å². The molecular weight excluding hydrogens is 250 g/mol. The van der Waals surface area contributed by atoms with Crippen LogP contribution in [0.15, 0.2) is 28.1 Å². The SMILES string of the molecule is C=C(C)NC(=O)OCc1cn(C(C)C)c(=O)[nH]c1=O. The second-order valence-corrected chi connectivity index (χ2v) is 4.40. The number of allylic oxidation sites excluding steroid dienone is 1. The van der Waals surface area contributed by atoms with Crippen molar-refractivity contribution in [1.29, 1.82) is 0 Å². The zero-order valence-corrected chi connectivity index (χ0v) is 11.1. The molecule has 19 heavy (non-hydrogen) atoms. The molecule has 104 valence electrons. The predicted octanol–water partition coefficient (Wildman–Crippen LogP) is 0.877. The second-order valence-electron chi connectivity index (χ2n) is 4.40. The minimum atomic E-state index is -0.700. The number of alkyl carbamates (subject to hydrolysis) is 1. The fourth-order valence-electron chi connectivity index (χ4n) is 1.37. The third kappa shape index (κ3) is 4.13. The molecule has 0 aliphatic rings. The maximum atomic E-state index is 11.6. The number of amides is 1. The predicted molar refractivity (Wildman–Crippen MR) is 69.8 cm³/mol. The van der Waals surface area contributed by atoms with E-state index in [2.05, 4.69) is 16.9 Å². The summed E-state index contributed by atoms with van der Waals surface area (Å²) in [5.41, 5.74) is -0.420. The number of hydrogen-bond acceptors (Lipinski definition) is 4. The maximum Gasteiger partial charge on any atom is 0.411 e. The van der Waals surface area contributed by atoms with Crippen LogP contribution in [0.3, 0.4) is 0 Å². The molecule has 0 aliphatic carbocycles. The smallest absolute Gasteiger partial charge is 0.411 e. The van der Waals surface area contributed by atoms with E-state index in [9.17, 15) is 14.4 Å². The number of rotatable bonds is 4. The molecule has 7 heteroatoms. The first-order chi connectivity index (χ1) is 8.81. The van der Waals surface area contributed by atoms with E-state index in [4.69, 9.17) is 4.74 Å². The van der Waals surface area contributed by atoms with E-state index in [0.29, 0.717) is 5.70 Å². The lowest BCUT2D eigenvalue weighted by Gasteiger charge is -2.11. The van der Waals surface area contributed by atoms with Crippen molar-refractivity contribution in [2.45, 2.75) is 33.4 Å². The number of carbonyl (C=O) groups is 1. The van der Waals surface area contributed by atoms with Gasteiger partial charge in [0.1, 0.15) is 6.61 Å². The van der Waals surface area contributed by atoms with Gasteiger partial charge in [-0.05, 0) is 20.8 Å². The molecule has 0 spiro atoms. The summed E-state index contributed by atoms with van der Waals surface area (Å²) < 4.78 is 6.21. The van der Waals surface area contributed by atoms with E-state index in [1.807, 2.05) is 0 Å². The molecule has 0 unspecified atom stereocenters. The number of aromatic nitrogens is 2. The zero-order valence-electron chi connectivity index (χ0n) is 11.1. The van der Waals surface area contributed by atoms with Gasteiger partial charge in [-0.1, -0.05) is 6.58 Å². The molecule has 0 aromatic carbocycles. The molecule has 0 atom stereocenters. The van der Waals surface area contributed by atoms with Crippen molar-refractivity contribution in [2.75, 3.05) is 0 Å². The Balaban J connectivity index is 2.87. The van der Waals surface area contributed by atoms with Gasteiger partial charge in [-0.2, -0.15) is 0 Å². The van der Waals surface area contributed by atoms with Gasteiger partial charge < -0.3 is 4.74 Å². The van der Waals surface area contributed by atoms with E-state index in [-0.39, 0.29) is 18.2 Å². The summed E-state index contributed by atoms with van der Waals surface area (Å²) in [6.45, 7) is 8.48. The molecule has 1 aromatic rings. The summed E-state index contributed by atoms with van der Waals surface area (Å²) in [6, 6.07) is -0.104. The highest BCUT2D eigenvalue weighted by molar-refractivity contribution is 5.69. The fraction of sp³-hybridized carbons (Fsp3) is 0.417. The lowest BCUT2D eigenvalue weighted by Crippen LogP contribution is -2.33. The number of nitrogens with zero attached hydrogens (tertiary/aromatic N) is 1. The van der Waals surface area contributed by atoms with Crippen molar-refractivity contribution in [2.24, 2.45) is 0 Å². The first-order valence-electron chi connectivity index (χ1n) is 5.75. The van der Waals surface area contributed by atoms with E-state index in [1.165, 1.54) is 10.8 Å². The third-order valence-corrected chi connectivity index (χ3v) is 2.27. The van der Waals surface area contributed by atoms with Crippen LogP contribution >= 0.6 is 0 Å². The Morgan fingerprint density at radius 2 is 2.16 bits per heavy atom. The molecule has 1 amide bonds. The summed E-state index contributed by atoms with van der Waals surface area (Å²) in [7, 11) is 0. The molecule has 0 bridgehead atoms. The van der Waals surface area contributed by atoms with Crippen LogP contribution in [0.25, 0.3) is 0 Å². The van der Waals surface area contributed by atoms with Crippen LogP contribution in [0.1, 0.15) is 32.4 Å². The fourth-order valence-corrected chi connectivity index (χ4v) is 1.37. The van der Waals surface area contributed by atoms with Crippen LogP contribution in [0.4, 0.5) is 4.79 Å². The Bertz CT molecular complexity index is 598. The van der Waals surface area contributed by atoms with Gasteiger partial charge in [0.05, 0.1) is 5.56 Å². The van der Waals surface area contributed by atoms with E-state index < -0.39 is 17.3 Å². The number of ether oxygens (including phenoxy) is 1. The number of H-pyrrole nitrogens is 1. The van der Waals surface area contributed by atoms with Crippen LogP contribution in [0, 0.1) is 0 Å². The van der Waals surface area contributed by atoms with Gasteiger partial charge in [-0.3, -0.25) is 19.7 Å². The average Bonchev–Trinajstić information content (AvgIpc) is 2.26. The van der Waals surface area contributed by atoms with Gasteiger partial charge >= 0.3 is 11.8 Å². The Morgan fingerprint density at radius 1 is 1.53 bits per heavy atom. The number of aromatic amines is 1. The monoisotopic (exact) mass is 267 g/mol. The highest BCUT2D eigenvalue weighted by atomic mass is 16.5. The molecule has 2 N–H and O–H groups in total. The Morgan fingerprint density at radius 3 is 2.68 bits per heavy atom. The Labute approximate surface area is 109 Å². The highest BCUT2D eigenvalue weighted by Crippen LogP contribution is 2.00. The van der Waals surface area contributed by atoms with Crippen LogP contribution in [-0.4, -0.2) is 15.6 Å². The van der Waals surface area contributed by atoms with Crippen molar-refractivity contribution >= 4 is 6.09 Å². The quantitative estimate of drug-likeness (QED) is 0.846. The summed E-state index contributed by atoms with van der Waals surface area (Å²) in [6.07, 6.45) is 0.689. The molecule has 0 saturated carbocycles. The van der Waals surface area contributed by atoms with Crippen molar-refractivity contribution in [1.82, 2.24) is 14.9 Å². The summed E-state index contributed by atoms with van der Waals surface area (Å²) in [5.74, 6) is 0. The number of carbonyl (C=O) groups excluding carboxylic acids is 1.